The lowest BCUT2D eigenvalue weighted by Gasteiger charge is -2.37. The van der Waals surface area contributed by atoms with Gasteiger partial charge in [0.15, 0.2) is 0 Å². The van der Waals surface area contributed by atoms with E-state index in [1.165, 1.54) is 28.6 Å². The molecule has 3 N–H and O–H groups in total. The van der Waals surface area contributed by atoms with Crippen LogP contribution in [-0.4, -0.2) is 45.4 Å². The van der Waals surface area contributed by atoms with Crippen LogP contribution < -0.4 is 10.5 Å². The Balaban J connectivity index is 1.56. The number of hydrogen-bond acceptors (Lipinski definition) is 5. The number of amides is 1. The average molecular weight is 359 g/mol. The molecule has 1 aliphatic heterocycles. The van der Waals surface area contributed by atoms with Gasteiger partial charge in [-0.15, -0.1) is 0 Å². The zero-order chi connectivity index (χ0) is 16.8. The van der Waals surface area contributed by atoms with Crippen molar-refractivity contribution >= 4 is 31.6 Å². The summed E-state index contributed by atoms with van der Waals surface area (Å²) in [7, 11) is -6.99. The number of carbonyl (C=O) groups excluding carboxylic acids is 1. The van der Waals surface area contributed by atoms with Gasteiger partial charge in [-0.2, -0.15) is 4.31 Å². The summed E-state index contributed by atoms with van der Waals surface area (Å²) in [6.45, 7) is 0.389. The number of anilines is 1. The van der Waals surface area contributed by atoms with Gasteiger partial charge in [0, 0.05) is 18.8 Å². The quantitative estimate of drug-likeness (QED) is 0.746. The first-order valence-electron chi connectivity index (χ1n) is 7.10. The number of nitrogens with one attached hydrogen (secondary N) is 1. The van der Waals surface area contributed by atoms with Crippen molar-refractivity contribution in [3.8, 4) is 0 Å². The predicted octanol–water partition coefficient (Wildman–Crippen LogP) is -0.303. The van der Waals surface area contributed by atoms with Crippen LogP contribution in [0, 0.1) is 5.92 Å². The van der Waals surface area contributed by atoms with Crippen molar-refractivity contribution in [3.05, 3.63) is 24.3 Å². The number of primary sulfonamides is 1. The van der Waals surface area contributed by atoms with E-state index in [0.29, 0.717) is 18.5 Å². The molecule has 0 unspecified atom stereocenters. The molecule has 1 amide bonds. The Hall–Kier alpha value is -1.49. The number of benzene rings is 1. The molecular weight excluding hydrogens is 342 g/mol. The molecule has 2 fully saturated rings. The molecular formula is C13H17N3O5S2. The predicted molar refractivity (Wildman–Crippen MR) is 83.4 cm³/mol. The normalized spacial score (nSPS) is 20.0. The number of hydrogen-bond donors (Lipinski definition) is 2. The second-order valence-electron chi connectivity index (χ2n) is 5.82. The van der Waals surface area contributed by atoms with Crippen molar-refractivity contribution < 1.29 is 21.6 Å². The van der Waals surface area contributed by atoms with Gasteiger partial charge in [0.05, 0.1) is 16.1 Å². The second-order valence-corrected chi connectivity index (χ2v) is 9.59. The van der Waals surface area contributed by atoms with Crippen molar-refractivity contribution in [1.29, 1.82) is 0 Å². The van der Waals surface area contributed by atoms with E-state index in [-0.39, 0.29) is 35.1 Å². The zero-order valence-corrected chi connectivity index (χ0v) is 13.8. The first kappa shape index (κ1) is 16.4. The first-order chi connectivity index (χ1) is 10.7. The Bertz CT molecular complexity index is 823. The molecule has 1 aliphatic carbocycles. The molecule has 0 spiro atoms. The molecule has 1 saturated heterocycles. The van der Waals surface area contributed by atoms with Crippen LogP contribution in [0.25, 0.3) is 0 Å². The Kier molecular flexibility index (Phi) is 3.95. The van der Waals surface area contributed by atoms with Crippen LogP contribution in [-0.2, 0) is 24.8 Å². The molecule has 8 nitrogen and oxygen atoms in total. The lowest BCUT2D eigenvalue weighted by Crippen LogP contribution is -2.55. The third kappa shape index (κ3) is 3.39. The summed E-state index contributed by atoms with van der Waals surface area (Å²) in [5, 5.41) is 7.37. The van der Waals surface area contributed by atoms with E-state index >= 15 is 0 Å². The van der Waals surface area contributed by atoms with E-state index in [0.717, 1.165) is 0 Å². The summed E-state index contributed by atoms with van der Waals surface area (Å²) >= 11 is 0. The van der Waals surface area contributed by atoms with E-state index in [1.807, 2.05) is 0 Å². The number of sulfonamides is 2. The molecule has 23 heavy (non-hydrogen) atoms. The third-order valence-corrected chi connectivity index (χ3v) is 7.24. The van der Waals surface area contributed by atoms with E-state index in [1.54, 1.807) is 0 Å². The minimum Gasteiger partial charge on any atom is -0.326 e. The Morgan fingerprint density at radius 2 is 1.65 bits per heavy atom. The fourth-order valence-corrected chi connectivity index (χ4v) is 4.81. The minimum absolute atomic E-state index is 0.0409. The van der Waals surface area contributed by atoms with Gasteiger partial charge >= 0.3 is 0 Å². The van der Waals surface area contributed by atoms with Gasteiger partial charge in [-0.05, 0) is 37.1 Å². The van der Waals surface area contributed by atoms with Crippen molar-refractivity contribution in [3.63, 3.8) is 0 Å². The Morgan fingerprint density at radius 1 is 1.09 bits per heavy atom. The van der Waals surface area contributed by atoms with Crippen LogP contribution in [0.15, 0.2) is 29.2 Å². The molecule has 2 aliphatic rings. The molecule has 1 aromatic rings. The van der Waals surface area contributed by atoms with Gasteiger partial charge in [0.1, 0.15) is 0 Å². The van der Waals surface area contributed by atoms with Crippen LogP contribution in [0.5, 0.6) is 0 Å². The number of nitrogens with zero attached hydrogens (tertiary/aromatic N) is 1. The van der Waals surface area contributed by atoms with Gasteiger partial charge in [-0.3, -0.25) is 4.79 Å². The van der Waals surface area contributed by atoms with E-state index in [2.05, 4.69) is 5.32 Å². The average Bonchev–Trinajstić information content (AvgIpc) is 3.20. The van der Waals surface area contributed by atoms with Crippen molar-refractivity contribution in [2.75, 3.05) is 18.4 Å². The molecule has 0 bridgehead atoms. The molecule has 10 heteroatoms. The van der Waals surface area contributed by atoms with Gasteiger partial charge in [-0.25, -0.2) is 22.0 Å². The standard InChI is InChI=1S/C13H17N3O5S2/c14-22(18,19)11-3-1-10(2-4-11)15-13(17)9-7-16(8-9)23(20,21)12-5-6-12/h1-4,9,12H,5-8H2,(H,15,17)(H2,14,18,19). The highest BCUT2D eigenvalue weighted by molar-refractivity contribution is 7.90. The second kappa shape index (κ2) is 5.55. The highest BCUT2D eigenvalue weighted by Gasteiger charge is 2.46. The van der Waals surface area contributed by atoms with Crippen molar-refractivity contribution in [2.24, 2.45) is 11.1 Å². The maximum atomic E-state index is 12.1. The van der Waals surface area contributed by atoms with Crippen LogP contribution in [0.3, 0.4) is 0 Å². The third-order valence-electron chi connectivity index (χ3n) is 3.97. The zero-order valence-electron chi connectivity index (χ0n) is 12.2. The fourth-order valence-electron chi connectivity index (χ4n) is 2.36. The fraction of sp³-hybridized carbons (Fsp3) is 0.462. The van der Waals surface area contributed by atoms with Gasteiger partial charge in [0.2, 0.25) is 26.0 Å². The van der Waals surface area contributed by atoms with Crippen LogP contribution in [0.4, 0.5) is 5.69 Å². The van der Waals surface area contributed by atoms with Gasteiger partial charge in [-0.1, -0.05) is 0 Å². The van der Waals surface area contributed by atoms with Gasteiger partial charge in [0.25, 0.3) is 0 Å². The van der Waals surface area contributed by atoms with Crippen LogP contribution in [0.1, 0.15) is 12.8 Å². The number of nitrogens with two attached hydrogens (primary N) is 1. The molecule has 0 radical (unpaired) electrons. The maximum absolute atomic E-state index is 12.1. The summed E-state index contributed by atoms with van der Waals surface area (Å²) < 4.78 is 47.6. The molecule has 1 heterocycles. The lowest BCUT2D eigenvalue weighted by molar-refractivity contribution is -0.122. The molecule has 3 rings (SSSR count). The van der Waals surface area contributed by atoms with Crippen LogP contribution >= 0.6 is 0 Å². The van der Waals surface area contributed by atoms with Crippen molar-refractivity contribution in [2.45, 2.75) is 23.0 Å². The summed E-state index contributed by atoms with van der Waals surface area (Å²) in [6, 6.07) is 5.48. The largest absolute Gasteiger partial charge is 0.326 e. The van der Waals surface area contributed by atoms with Crippen molar-refractivity contribution in [1.82, 2.24) is 4.31 Å². The summed E-state index contributed by atoms with van der Waals surface area (Å²) in [5.74, 6) is -0.669. The van der Waals surface area contributed by atoms with E-state index in [4.69, 9.17) is 5.14 Å². The van der Waals surface area contributed by atoms with Gasteiger partial charge < -0.3 is 5.32 Å². The molecule has 0 atom stereocenters. The first-order valence-corrected chi connectivity index (χ1v) is 10.2. The summed E-state index contributed by atoms with van der Waals surface area (Å²) in [5.41, 5.74) is 0.436. The topological polar surface area (TPSA) is 127 Å². The van der Waals surface area contributed by atoms with Crippen LogP contribution in [0.2, 0.25) is 0 Å². The molecule has 0 aromatic heterocycles. The monoisotopic (exact) mass is 359 g/mol. The molecule has 1 aromatic carbocycles. The molecule has 126 valence electrons. The number of carbonyl (C=O) groups is 1. The smallest absolute Gasteiger partial charge is 0.238 e. The minimum atomic E-state index is -3.77. The Morgan fingerprint density at radius 3 is 2.13 bits per heavy atom. The lowest BCUT2D eigenvalue weighted by atomic mass is 10.0. The maximum Gasteiger partial charge on any atom is 0.238 e. The summed E-state index contributed by atoms with van der Waals surface area (Å²) in [6.07, 6.45) is 1.40. The summed E-state index contributed by atoms with van der Waals surface area (Å²) in [4.78, 5) is 12.0. The Labute approximate surface area is 134 Å². The highest BCUT2D eigenvalue weighted by atomic mass is 32.2. The van der Waals surface area contributed by atoms with E-state index in [9.17, 15) is 21.6 Å². The number of rotatable bonds is 5. The SMILES string of the molecule is NS(=O)(=O)c1ccc(NC(=O)C2CN(S(=O)(=O)C3CC3)C2)cc1. The molecule has 1 saturated carbocycles. The highest BCUT2D eigenvalue weighted by Crippen LogP contribution is 2.34. The van der Waals surface area contributed by atoms with E-state index < -0.39 is 20.0 Å².